The average Bonchev–Trinajstić information content (AvgIpc) is 2.61. The van der Waals surface area contributed by atoms with E-state index in [9.17, 15) is 9.90 Å². The molecule has 1 amide bonds. The number of aliphatic hydroxyl groups is 2. The number of carbonyl (C=O) groups excluding carboxylic acids is 1. The number of nitrogens with two attached hydrogens (primary N) is 1. The average molecular weight is 229 g/mol. The van der Waals surface area contributed by atoms with E-state index < -0.39 is 12.2 Å². The lowest BCUT2D eigenvalue weighted by molar-refractivity contribution is -0.123. The monoisotopic (exact) mass is 229 g/mol. The van der Waals surface area contributed by atoms with E-state index in [0.29, 0.717) is 0 Å². The Hall–Kier alpha value is -1.67. The highest BCUT2D eigenvalue weighted by Crippen LogP contribution is 1.98. The number of amides is 1. The van der Waals surface area contributed by atoms with Gasteiger partial charge in [0.05, 0.1) is 6.61 Å². The Balaban J connectivity index is 2.37. The first-order valence-corrected chi connectivity index (χ1v) is 4.68. The lowest BCUT2D eigenvalue weighted by atomic mass is 10.1. The SMILES string of the molecule is CC(O)(CO)CNC(=O)Cn1cnc(N)n1. The highest BCUT2D eigenvalue weighted by atomic mass is 16.3. The van der Waals surface area contributed by atoms with E-state index in [1.54, 1.807) is 0 Å². The van der Waals surface area contributed by atoms with Gasteiger partial charge >= 0.3 is 0 Å². The lowest BCUT2D eigenvalue weighted by Gasteiger charge is -2.20. The molecule has 8 nitrogen and oxygen atoms in total. The van der Waals surface area contributed by atoms with Gasteiger partial charge in [-0.2, -0.15) is 0 Å². The molecule has 1 aromatic rings. The van der Waals surface area contributed by atoms with E-state index in [2.05, 4.69) is 15.4 Å². The van der Waals surface area contributed by atoms with Gasteiger partial charge < -0.3 is 21.3 Å². The van der Waals surface area contributed by atoms with E-state index in [1.807, 2.05) is 0 Å². The van der Waals surface area contributed by atoms with E-state index in [4.69, 9.17) is 10.8 Å². The van der Waals surface area contributed by atoms with E-state index in [1.165, 1.54) is 17.9 Å². The van der Waals surface area contributed by atoms with Gasteiger partial charge in [-0.1, -0.05) is 0 Å². The molecule has 0 aliphatic rings. The number of nitrogens with zero attached hydrogens (tertiary/aromatic N) is 3. The number of aliphatic hydroxyl groups excluding tert-OH is 1. The van der Waals surface area contributed by atoms with Crippen molar-refractivity contribution in [3.63, 3.8) is 0 Å². The summed E-state index contributed by atoms with van der Waals surface area (Å²) >= 11 is 0. The first-order valence-electron chi connectivity index (χ1n) is 4.68. The topological polar surface area (TPSA) is 126 Å². The molecular weight excluding hydrogens is 214 g/mol. The van der Waals surface area contributed by atoms with Crippen molar-refractivity contribution in [1.82, 2.24) is 20.1 Å². The largest absolute Gasteiger partial charge is 0.393 e. The summed E-state index contributed by atoms with van der Waals surface area (Å²) in [4.78, 5) is 15.0. The Bertz CT molecular complexity index is 362. The lowest BCUT2D eigenvalue weighted by Crippen LogP contribution is -2.44. The summed E-state index contributed by atoms with van der Waals surface area (Å²) in [6.07, 6.45) is 1.33. The maximum absolute atomic E-state index is 11.4. The number of carbonyl (C=O) groups is 1. The van der Waals surface area contributed by atoms with Crippen LogP contribution in [0.4, 0.5) is 5.95 Å². The van der Waals surface area contributed by atoms with Crippen LogP contribution in [0.3, 0.4) is 0 Å². The molecule has 0 fully saturated rings. The number of hydrogen-bond donors (Lipinski definition) is 4. The van der Waals surface area contributed by atoms with Crippen LogP contribution in [0.15, 0.2) is 6.33 Å². The summed E-state index contributed by atoms with van der Waals surface area (Å²) in [7, 11) is 0. The normalized spacial score (nSPS) is 14.4. The summed E-state index contributed by atoms with van der Waals surface area (Å²) in [5.74, 6) is -0.256. The highest BCUT2D eigenvalue weighted by Gasteiger charge is 2.19. The molecule has 8 heteroatoms. The zero-order valence-electron chi connectivity index (χ0n) is 8.92. The molecule has 0 saturated carbocycles. The van der Waals surface area contributed by atoms with Crippen LogP contribution >= 0.6 is 0 Å². The second kappa shape index (κ2) is 4.90. The zero-order valence-corrected chi connectivity index (χ0v) is 8.92. The second-order valence-corrected chi connectivity index (χ2v) is 3.73. The maximum Gasteiger partial charge on any atom is 0.241 e. The van der Waals surface area contributed by atoms with Crippen LogP contribution < -0.4 is 11.1 Å². The van der Waals surface area contributed by atoms with Crippen molar-refractivity contribution in [2.45, 2.75) is 19.1 Å². The number of aromatic nitrogens is 3. The van der Waals surface area contributed by atoms with Gasteiger partial charge in [-0.3, -0.25) is 4.79 Å². The van der Waals surface area contributed by atoms with Gasteiger partial charge in [-0.05, 0) is 6.92 Å². The number of rotatable bonds is 5. The zero-order chi connectivity index (χ0) is 12.2. The van der Waals surface area contributed by atoms with E-state index >= 15 is 0 Å². The fourth-order valence-electron chi connectivity index (χ4n) is 0.933. The van der Waals surface area contributed by atoms with Crippen LogP contribution in [0.1, 0.15) is 6.92 Å². The van der Waals surface area contributed by atoms with Crippen LogP contribution in [-0.4, -0.2) is 49.6 Å². The van der Waals surface area contributed by atoms with Crippen molar-refractivity contribution >= 4 is 11.9 Å². The summed E-state index contributed by atoms with van der Waals surface area (Å²) in [5, 5.41) is 24.4. The molecule has 0 saturated heterocycles. The van der Waals surface area contributed by atoms with Crippen LogP contribution in [0.5, 0.6) is 0 Å². The molecule has 1 heterocycles. The minimum Gasteiger partial charge on any atom is -0.393 e. The fourth-order valence-corrected chi connectivity index (χ4v) is 0.933. The van der Waals surface area contributed by atoms with Crippen LogP contribution in [0, 0.1) is 0 Å². The van der Waals surface area contributed by atoms with Crippen LogP contribution in [0.2, 0.25) is 0 Å². The Labute approximate surface area is 92.1 Å². The Morgan fingerprint density at radius 1 is 1.75 bits per heavy atom. The Morgan fingerprint density at radius 3 is 2.94 bits per heavy atom. The van der Waals surface area contributed by atoms with Gasteiger partial charge in [0.2, 0.25) is 11.9 Å². The molecule has 1 atom stereocenters. The molecule has 0 aromatic carbocycles. The van der Waals surface area contributed by atoms with E-state index in [0.717, 1.165) is 0 Å². The van der Waals surface area contributed by atoms with Crippen LogP contribution in [-0.2, 0) is 11.3 Å². The van der Waals surface area contributed by atoms with Gasteiger partial charge in [-0.15, -0.1) is 5.10 Å². The van der Waals surface area contributed by atoms with Gasteiger partial charge in [0.1, 0.15) is 18.5 Å². The predicted molar refractivity (Wildman–Crippen MR) is 55.2 cm³/mol. The number of nitrogens with one attached hydrogen (secondary N) is 1. The fraction of sp³-hybridized carbons (Fsp3) is 0.625. The molecule has 0 bridgehead atoms. The standard InChI is InChI=1S/C8H15N5O3/c1-8(16,4-14)3-10-6(15)2-13-5-11-7(9)12-13/h5,14,16H,2-4H2,1H3,(H2,9,12)(H,10,15). The van der Waals surface area contributed by atoms with Gasteiger partial charge in [0, 0.05) is 6.54 Å². The van der Waals surface area contributed by atoms with Crippen molar-refractivity contribution in [3.05, 3.63) is 6.33 Å². The minimum absolute atomic E-state index is 0.0352. The quantitative estimate of drug-likeness (QED) is 0.450. The van der Waals surface area contributed by atoms with E-state index in [-0.39, 0.29) is 24.9 Å². The van der Waals surface area contributed by atoms with Crippen molar-refractivity contribution in [1.29, 1.82) is 0 Å². The summed E-state index contributed by atoms with van der Waals surface area (Å²) in [6.45, 7) is 0.919. The maximum atomic E-state index is 11.4. The number of nitrogen functional groups attached to an aromatic ring is 1. The highest BCUT2D eigenvalue weighted by molar-refractivity contribution is 5.75. The van der Waals surface area contributed by atoms with Crippen molar-refractivity contribution in [3.8, 4) is 0 Å². The molecule has 1 aromatic heterocycles. The Kier molecular flexibility index (Phi) is 3.80. The van der Waals surface area contributed by atoms with Gasteiger partial charge in [0.25, 0.3) is 0 Å². The first-order chi connectivity index (χ1) is 7.43. The van der Waals surface area contributed by atoms with Crippen molar-refractivity contribution in [2.24, 2.45) is 0 Å². The third-order valence-corrected chi connectivity index (χ3v) is 1.87. The van der Waals surface area contributed by atoms with Gasteiger partial charge in [0.15, 0.2) is 0 Å². The van der Waals surface area contributed by atoms with Crippen molar-refractivity contribution < 1.29 is 15.0 Å². The molecular formula is C8H15N5O3. The molecule has 90 valence electrons. The molecule has 0 spiro atoms. The minimum atomic E-state index is -1.32. The molecule has 16 heavy (non-hydrogen) atoms. The molecule has 0 aliphatic carbocycles. The summed E-state index contributed by atoms with van der Waals surface area (Å²) in [5.41, 5.74) is 3.95. The molecule has 5 N–H and O–H groups in total. The smallest absolute Gasteiger partial charge is 0.241 e. The number of hydrogen-bond acceptors (Lipinski definition) is 6. The van der Waals surface area contributed by atoms with Gasteiger partial charge in [-0.25, -0.2) is 9.67 Å². The third-order valence-electron chi connectivity index (χ3n) is 1.87. The summed E-state index contributed by atoms with van der Waals surface area (Å²) < 4.78 is 1.28. The molecule has 0 aliphatic heterocycles. The first kappa shape index (κ1) is 12.4. The van der Waals surface area contributed by atoms with Crippen LogP contribution in [0.25, 0.3) is 0 Å². The predicted octanol–water partition coefficient (Wildman–Crippen LogP) is -2.28. The molecule has 0 radical (unpaired) electrons. The Morgan fingerprint density at radius 2 is 2.44 bits per heavy atom. The molecule has 1 rings (SSSR count). The molecule has 1 unspecified atom stereocenters. The summed E-state index contributed by atoms with van der Waals surface area (Å²) in [6, 6.07) is 0. The second-order valence-electron chi connectivity index (χ2n) is 3.73. The van der Waals surface area contributed by atoms with Crippen molar-refractivity contribution in [2.75, 3.05) is 18.9 Å². The third kappa shape index (κ3) is 3.83. The number of anilines is 1.